The molecule has 21 heavy (non-hydrogen) atoms. The average molecular weight is 281 g/mol. The third-order valence-electron chi connectivity index (χ3n) is 3.32. The number of hydrogen-bond acceptors (Lipinski definition) is 5. The van der Waals surface area contributed by atoms with Crippen LogP contribution in [0.15, 0.2) is 54.1 Å². The Morgan fingerprint density at radius 2 is 1.76 bits per heavy atom. The molecule has 0 radical (unpaired) electrons. The summed E-state index contributed by atoms with van der Waals surface area (Å²) in [5, 5.41) is 2.86. The second-order valence-electron chi connectivity index (χ2n) is 4.67. The molecule has 0 saturated carbocycles. The van der Waals surface area contributed by atoms with E-state index >= 15 is 0 Å². The molecule has 1 aliphatic rings. The Labute approximate surface area is 120 Å². The molecule has 104 valence electrons. The molecule has 0 amide bonds. The van der Waals surface area contributed by atoms with Crippen molar-refractivity contribution in [1.82, 2.24) is 4.98 Å². The highest BCUT2D eigenvalue weighted by Crippen LogP contribution is 2.23. The van der Waals surface area contributed by atoms with Crippen LogP contribution in [0.25, 0.3) is 0 Å². The Balaban J connectivity index is 2.07. The fraction of sp³-hybridized carbons (Fsp3) is 0.0667. The van der Waals surface area contributed by atoms with Crippen molar-refractivity contribution >= 4 is 17.5 Å². The molecular weight excluding hydrogens is 268 g/mol. The largest absolute Gasteiger partial charge is 0.396 e. The topological polar surface area (TPSA) is 89.0 Å². The van der Waals surface area contributed by atoms with Gasteiger partial charge in [-0.2, -0.15) is 0 Å². The number of nitrogens with two attached hydrogens (primary N) is 1. The van der Waals surface area contributed by atoms with Crippen LogP contribution in [-0.4, -0.2) is 16.6 Å². The maximum absolute atomic E-state index is 12.5. The molecule has 6 nitrogen and oxygen atoms in total. The Morgan fingerprint density at radius 1 is 1.10 bits per heavy atom. The van der Waals surface area contributed by atoms with Crippen molar-refractivity contribution in [2.45, 2.75) is 0 Å². The van der Waals surface area contributed by atoms with Crippen LogP contribution in [0.3, 0.4) is 0 Å². The monoisotopic (exact) mass is 281 g/mol. The molecule has 0 atom stereocenters. The first-order valence-electron chi connectivity index (χ1n) is 6.35. The Morgan fingerprint density at radius 3 is 2.43 bits per heavy atom. The molecule has 1 aromatic heterocycles. The number of nitrogens with one attached hydrogen (secondary N) is 1. The molecule has 2 aromatic rings. The van der Waals surface area contributed by atoms with Gasteiger partial charge in [-0.25, -0.2) is 9.88 Å². The predicted molar refractivity (Wildman–Crippen MR) is 75.4 cm³/mol. The van der Waals surface area contributed by atoms with E-state index in [-0.39, 0.29) is 23.0 Å². The minimum atomic E-state index is -0.355. The van der Waals surface area contributed by atoms with Gasteiger partial charge in [0, 0.05) is 17.2 Å². The van der Waals surface area contributed by atoms with E-state index in [2.05, 4.69) is 10.3 Å². The molecule has 6 heteroatoms. The molecule has 3 rings (SSSR count). The number of benzene rings is 1. The van der Waals surface area contributed by atoms with E-state index in [1.165, 1.54) is 0 Å². The van der Waals surface area contributed by atoms with E-state index in [1.54, 1.807) is 54.3 Å². The summed E-state index contributed by atoms with van der Waals surface area (Å²) < 4.78 is 1.69. The lowest BCUT2D eigenvalue weighted by Crippen LogP contribution is -2.36. The zero-order chi connectivity index (χ0) is 15.0. The molecule has 0 spiro atoms. The Hall–Kier alpha value is -3.02. The van der Waals surface area contributed by atoms with Gasteiger partial charge in [0.2, 0.25) is 11.6 Å². The number of Topliss-reactive ketones (excluding diaryl/α,β-unsaturated/α-hetero) is 2. The lowest BCUT2D eigenvalue weighted by molar-refractivity contribution is -0.659. The van der Waals surface area contributed by atoms with Gasteiger partial charge in [0.05, 0.1) is 13.2 Å². The molecule has 1 heterocycles. The summed E-state index contributed by atoms with van der Waals surface area (Å²) in [7, 11) is 1.77. The molecule has 1 aliphatic carbocycles. The number of carbonyl (C=O) groups excluding carboxylic acids is 2. The van der Waals surface area contributed by atoms with E-state index in [0.29, 0.717) is 17.1 Å². The van der Waals surface area contributed by atoms with E-state index in [0.717, 1.165) is 0 Å². The average Bonchev–Trinajstić information content (AvgIpc) is 2.51. The lowest BCUT2D eigenvalue weighted by Gasteiger charge is -2.16. The van der Waals surface area contributed by atoms with Crippen LogP contribution in [0.2, 0.25) is 0 Å². The smallest absolute Gasteiger partial charge is 0.393 e. The number of nitrogens with zero attached hydrogens (tertiary/aromatic N) is 2. The van der Waals surface area contributed by atoms with E-state index < -0.39 is 0 Å². The van der Waals surface area contributed by atoms with Crippen LogP contribution in [0.1, 0.15) is 20.7 Å². The quantitative estimate of drug-likeness (QED) is 0.785. The maximum Gasteiger partial charge on any atom is 0.396 e. The zero-order valence-electron chi connectivity index (χ0n) is 11.3. The number of fused-ring (bicyclic) bond motifs is 1. The fourth-order valence-electron chi connectivity index (χ4n) is 2.19. The van der Waals surface area contributed by atoms with Crippen molar-refractivity contribution in [2.75, 3.05) is 5.32 Å². The highest BCUT2D eigenvalue weighted by atomic mass is 16.1. The van der Waals surface area contributed by atoms with E-state index in [9.17, 15) is 9.59 Å². The summed E-state index contributed by atoms with van der Waals surface area (Å²) in [6.45, 7) is 0. The fourth-order valence-corrected chi connectivity index (χ4v) is 2.19. The van der Waals surface area contributed by atoms with Gasteiger partial charge in [-0.05, 0) is 0 Å². The molecule has 0 unspecified atom stereocenters. The molecule has 1 aromatic carbocycles. The number of rotatable bonds is 2. The second kappa shape index (κ2) is 4.82. The summed E-state index contributed by atoms with van der Waals surface area (Å²) in [6, 6.07) is 8.38. The summed E-state index contributed by atoms with van der Waals surface area (Å²) >= 11 is 0. The van der Waals surface area contributed by atoms with Crippen LogP contribution in [0, 0.1) is 0 Å². The van der Waals surface area contributed by atoms with Crippen LogP contribution in [0.4, 0.5) is 5.95 Å². The van der Waals surface area contributed by atoms with Crippen LogP contribution in [0.5, 0.6) is 0 Å². The number of aromatic nitrogens is 2. The number of allylic oxidation sites excluding steroid dienone is 2. The van der Waals surface area contributed by atoms with Gasteiger partial charge in [0.1, 0.15) is 11.9 Å². The molecule has 0 aliphatic heterocycles. The minimum absolute atomic E-state index is 0.0630. The minimum Gasteiger partial charge on any atom is -0.393 e. The number of ketones is 2. The molecule has 0 fully saturated rings. The third kappa shape index (κ3) is 2.06. The number of hydrogen-bond donors (Lipinski definition) is 2. The van der Waals surface area contributed by atoms with E-state index in [1.807, 2.05) is 0 Å². The third-order valence-corrected chi connectivity index (χ3v) is 3.32. The molecule has 0 saturated heterocycles. The van der Waals surface area contributed by atoms with Crippen molar-refractivity contribution < 1.29 is 14.2 Å². The first-order valence-corrected chi connectivity index (χ1v) is 6.35. The number of aryl methyl sites for hydroxylation is 1. The zero-order valence-corrected chi connectivity index (χ0v) is 11.3. The van der Waals surface area contributed by atoms with Gasteiger partial charge in [0.15, 0.2) is 5.70 Å². The van der Waals surface area contributed by atoms with Gasteiger partial charge in [-0.3, -0.25) is 9.59 Å². The van der Waals surface area contributed by atoms with Crippen molar-refractivity contribution in [2.24, 2.45) is 12.8 Å². The molecule has 0 bridgehead atoms. The van der Waals surface area contributed by atoms with Gasteiger partial charge in [-0.15, -0.1) is 0 Å². The lowest BCUT2D eigenvalue weighted by atomic mass is 9.90. The van der Waals surface area contributed by atoms with Gasteiger partial charge >= 0.3 is 5.95 Å². The Kier molecular flexibility index (Phi) is 2.98. The van der Waals surface area contributed by atoms with Crippen molar-refractivity contribution in [3.8, 4) is 0 Å². The summed E-state index contributed by atoms with van der Waals surface area (Å²) in [5.41, 5.74) is 6.48. The van der Waals surface area contributed by atoms with E-state index in [4.69, 9.17) is 5.73 Å². The van der Waals surface area contributed by atoms with Crippen molar-refractivity contribution in [1.29, 1.82) is 0 Å². The summed E-state index contributed by atoms with van der Waals surface area (Å²) in [4.78, 5) is 28.9. The molecular formula is C15H13N4O2+. The van der Waals surface area contributed by atoms with Crippen LogP contribution < -0.4 is 15.6 Å². The van der Waals surface area contributed by atoms with Gasteiger partial charge < -0.3 is 5.73 Å². The van der Waals surface area contributed by atoms with Crippen molar-refractivity contribution in [3.05, 3.63) is 65.2 Å². The first kappa shape index (κ1) is 13.0. The maximum atomic E-state index is 12.5. The highest BCUT2D eigenvalue weighted by Gasteiger charge is 2.33. The number of carbonyl (C=O) groups is 2. The second-order valence-corrected chi connectivity index (χ2v) is 4.67. The van der Waals surface area contributed by atoms with Gasteiger partial charge in [0.25, 0.3) is 0 Å². The van der Waals surface area contributed by atoms with Gasteiger partial charge in [-0.1, -0.05) is 29.2 Å². The normalized spacial score (nSPS) is 14.1. The number of anilines is 1. The van der Waals surface area contributed by atoms with Crippen LogP contribution in [-0.2, 0) is 7.05 Å². The van der Waals surface area contributed by atoms with Crippen molar-refractivity contribution in [3.63, 3.8) is 0 Å². The SMILES string of the molecule is C[n+]1cccnc1NC1=C(N)C(=O)c2ccccc2C1=O. The first-order chi connectivity index (χ1) is 10.1. The highest BCUT2D eigenvalue weighted by molar-refractivity contribution is 6.27. The van der Waals surface area contributed by atoms with Crippen LogP contribution >= 0.6 is 0 Å². The predicted octanol–water partition coefficient (Wildman–Crippen LogP) is 0.567. The summed E-state index contributed by atoms with van der Waals surface area (Å²) in [6.07, 6.45) is 3.36. The molecule has 3 N–H and O–H groups in total. The standard InChI is InChI=1S/C15H12N4O2/c1-19-8-4-7-17-15(19)18-12-11(16)13(20)9-5-2-3-6-10(9)14(12)21/h2-8H,1H3,(H2,16,21)/p+1. The Bertz CT molecular complexity index is 796. The summed E-state index contributed by atoms with van der Waals surface area (Å²) in [5.74, 6) is -0.240.